The van der Waals surface area contributed by atoms with Crippen molar-refractivity contribution in [2.45, 2.75) is 117 Å². The molecule has 0 saturated heterocycles. The minimum atomic E-state index is 0.123. The van der Waals surface area contributed by atoms with Crippen LogP contribution in [0.3, 0.4) is 0 Å². The second-order valence-corrected chi connectivity index (χ2v) is 11.3. The van der Waals surface area contributed by atoms with Crippen molar-refractivity contribution in [3.05, 3.63) is 78.4 Å². The van der Waals surface area contributed by atoms with E-state index in [1.54, 1.807) is 0 Å². The third kappa shape index (κ3) is 11.5. The Balaban J connectivity index is 1.48. The molecule has 0 spiro atoms. The Labute approximate surface area is 245 Å². The van der Waals surface area contributed by atoms with Crippen molar-refractivity contribution < 1.29 is 9.47 Å². The smallest absolute Gasteiger partial charge is 0.119 e. The molecule has 1 atom stereocenters. The zero-order chi connectivity index (χ0) is 28.3. The van der Waals surface area contributed by atoms with E-state index in [0.29, 0.717) is 0 Å². The van der Waals surface area contributed by atoms with Crippen LogP contribution in [0.1, 0.15) is 122 Å². The van der Waals surface area contributed by atoms with E-state index in [1.165, 1.54) is 105 Å². The van der Waals surface area contributed by atoms with Crippen molar-refractivity contribution in [3.63, 3.8) is 0 Å². The van der Waals surface area contributed by atoms with Gasteiger partial charge in [-0.2, -0.15) is 0 Å². The summed E-state index contributed by atoms with van der Waals surface area (Å²) >= 11 is 0. The summed E-state index contributed by atoms with van der Waals surface area (Å²) in [6.07, 6.45) is 18.4. The lowest BCUT2D eigenvalue weighted by atomic mass is 9.94. The van der Waals surface area contributed by atoms with Crippen molar-refractivity contribution >= 4 is 0 Å². The molecule has 3 aromatic rings. The average molecular weight is 543 g/mol. The zero-order valence-electron chi connectivity index (χ0n) is 25.6. The monoisotopic (exact) mass is 542 g/mol. The van der Waals surface area contributed by atoms with E-state index in [9.17, 15) is 0 Å². The van der Waals surface area contributed by atoms with E-state index < -0.39 is 0 Å². The van der Waals surface area contributed by atoms with Gasteiger partial charge >= 0.3 is 0 Å². The van der Waals surface area contributed by atoms with Gasteiger partial charge in [-0.05, 0) is 59.7 Å². The highest BCUT2D eigenvalue weighted by Crippen LogP contribution is 2.33. The molecular weight excluding hydrogens is 488 g/mol. The number of unbranched alkanes of at least 4 members (excludes halogenated alkanes) is 12. The lowest BCUT2D eigenvalue weighted by molar-refractivity contribution is 0.0627. The molecule has 2 nitrogen and oxygen atoms in total. The quantitative estimate of drug-likeness (QED) is 0.125. The summed E-state index contributed by atoms with van der Waals surface area (Å²) in [6.45, 7) is 8.36. The molecule has 0 amide bonds. The van der Waals surface area contributed by atoms with Crippen LogP contribution in [-0.2, 0) is 4.74 Å². The van der Waals surface area contributed by atoms with Gasteiger partial charge < -0.3 is 9.47 Å². The average Bonchev–Trinajstić information content (AvgIpc) is 3.00. The number of hydrogen-bond donors (Lipinski definition) is 0. The van der Waals surface area contributed by atoms with Gasteiger partial charge in [0.2, 0.25) is 0 Å². The van der Waals surface area contributed by atoms with Crippen molar-refractivity contribution in [2.75, 3.05) is 13.2 Å². The maximum absolute atomic E-state index is 6.15. The van der Waals surface area contributed by atoms with Crippen LogP contribution in [0, 0.1) is 0 Å². The van der Waals surface area contributed by atoms with Gasteiger partial charge in [-0.1, -0.05) is 152 Å². The summed E-state index contributed by atoms with van der Waals surface area (Å²) in [5.41, 5.74) is 6.19. The lowest BCUT2D eigenvalue weighted by Gasteiger charge is -2.15. The Hall–Kier alpha value is -2.58. The van der Waals surface area contributed by atoms with Crippen LogP contribution in [0.2, 0.25) is 0 Å². The molecule has 40 heavy (non-hydrogen) atoms. The van der Waals surface area contributed by atoms with E-state index in [1.807, 2.05) is 0 Å². The molecule has 0 bridgehead atoms. The van der Waals surface area contributed by atoms with Gasteiger partial charge in [-0.15, -0.1) is 0 Å². The standard InChI is InChI=1S/C38H54O2/c1-4-6-8-10-12-14-18-30-39-32(3)33-22-24-34(25-23-33)37-20-16-17-21-38(37)35-26-28-36(29-27-35)40-31-19-15-13-11-9-7-5-2/h16-17,20-29,32H,4-15,18-19,30-31H2,1-3H3. The molecule has 2 heteroatoms. The summed E-state index contributed by atoms with van der Waals surface area (Å²) < 4.78 is 12.2. The van der Waals surface area contributed by atoms with Gasteiger partial charge in [-0.25, -0.2) is 0 Å². The molecule has 0 aromatic heterocycles. The Morgan fingerprint density at radius 2 is 0.950 bits per heavy atom. The first kappa shape index (κ1) is 31.9. The fourth-order valence-corrected chi connectivity index (χ4v) is 5.32. The Morgan fingerprint density at radius 1 is 0.500 bits per heavy atom. The Bertz CT molecular complexity index is 1040. The van der Waals surface area contributed by atoms with Crippen LogP contribution < -0.4 is 4.74 Å². The fourth-order valence-electron chi connectivity index (χ4n) is 5.32. The van der Waals surface area contributed by atoms with Crippen LogP contribution in [0.25, 0.3) is 22.3 Å². The van der Waals surface area contributed by atoms with E-state index >= 15 is 0 Å². The Kier molecular flexibility index (Phi) is 15.6. The van der Waals surface area contributed by atoms with Crippen LogP contribution in [0.15, 0.2) is 72.8 Å². The van der Waals surface area contributed by atoms with Crippen molar-refractivity contribution in [3.8, 4) is 28.0 Å². The third-order valence-electron chi connectivity index (χ3n) is 7.92. The normalized spacial score (nSPS) is 12.0. The van der Waals surface area contributed by atoms with Gasteiger partial charge in [-0.3, -0.25) is 0 Å². The largest absolute Gasteiger partial charge is 0.494 e. The summed E-state index contributed by atoms with van der Waals surface area (Å²) in [7, 11) is 0. The molecule has 3 rings (SSSR count). The highest BCUT2D eigenvalue weighted by molar-refractivity contribution is 5.83. The number of hydrogen-bond acceptors (Lipinski definition) is 2. The molecule has 1 unspecified atom stereocenters. The maximum Gasteiger partial charge on any atom is 0.119 e. The first-order valence-electron chi connectivity index (χ1n) is 16.3. The third-order valence-corrected chi connectivity index (χ3v) is 7.92. The molecule has 3 aromatic carbocycles. The van der Waals surface area contributed by atoms with Gasteiger partial charge in [0.15, 0.2) is 0 Å². The first-order valence-corrected chi connectivity index (χ1v) is 16.3. The number of benzene rings is 3. The van der Waals surface area contributed by atoms with Gasteiger partial charge in [0.25, 0.3) is 0 Å². The van der Waals surface area contributed by atoms with Crippen molar-refractivity contribution in [1.29, 1.82) is 0 Å². The SMILES string of the molecule is CCCCCCCCCOc1ccc(-c2ccccc2-c2ccc(C(C)OCCCCCCCCC)cc2)cc1. The minimum absolute atomic E-state index is 0.123. The Morgan fingerprint density at radius 3 is 1.48 bits per heavy atom. The minimum Gasteiger partial charge on any atom is -0.494 e. The molecule has 0 aliphatic heterocycles. The van der Waals surface area contributed by atoms with Crippen LogP contribution in [0.4, 0.5) is 0 Å². The molecular formula is C38H54O2. The van der Waals surface area contributed by atoms with Gasteiger partial charge in [0.1, 0.15) is 5.75 Å². The topological polar surface area (TPSA) is 18.5 Å². The van der Waals surface area contributed by atoms with E-state index in [4.69, 9.17) is 9.47 Å². The number of rotatable bonds is 21. The highest BCUT2D eigenvalue weighted by Gasteiger charge is 2.10. The summed E-state index contributed by atoms with van der Waals surface area (Å²) in [6, 6.07) is 26.2. The maximum atomic E-state index is 6.15. The van der Waals surface area contributed by atoms with Crippen molar-refractivity contribution in [2.24, 2.45) is 0 Å². The molecule has 0 aliphatic rings. The second kappa shape index (κ2) is 19.5. The molecule has 0 radical (unpaired) electrons. The van der Waals surface area contributed by atoms with Crippen LogP contribution >= 0.6 is 0 Å². The highest BCUT2D eigenvalue weighted by atomic mass is 16.5. The van der Waals surface area contributed by atoms with Gasteiger partial charge in [0, 0.05) is 6.61 Å². The van der Waals surface area contributed by atoms with Crippen molar-refractivity contribution in [1.82, 2.24) is 0 Å². The van der Waals surface area contributed by atoms with Crippen LogP contribution in [-0.4, -0.2) is 13.2 Å². The van der Waals surface area contributed by atoms with E-state index in [0.717, 1.165) is 31.8 Å². The van der Waals surface area contributed by atoms with E-state index in [-0.39, 0.29) is 6.10 Å². The second-order valence-electron chi connectivity index (χ2n) is 11.3. The molecule has 0 aliphatic carbocycles. The first-order chi connectivity index (χ1) is 19.7. The molecule has 0 heterocycles. The predicted molar refractivity (Wildman–Crippen MR) is 173 cm³/mol. The molecule has 218 valence electrons. The molecule has 0 saturated carbocycles. The summed E-state index contributed by atoms with van der Waals surface area (Å²) in [4.78, 5) is 0. The molecule has 0 fully saturated rings. The number of ether oxygens (including phenoxy) is 2. The predicted octanol–water partition coefficient (Wildman–Crippen LogP) is 12.0. The van der Waals surface area contributed by atoms with Crippen LogP contribution in [0.5, 0.6) is 5.75 Å². The fraction of sp³-hybridized carbons (Fsp3) is 0.526. The zero-order valence-corrected chi connectivity index (χ0v) is 25.6. The van der Waals surface area contributed by atoms with Gasteiger partial charge in [0.05, 0.1) is 12.7 Å². The summed E-state index contributed by atoms with van der Waals surface area (Å²) in [5.74, 6) is 0.960. The summed E-state index contributed by atoms with van der Waals surface area (Å²) in [5, 5.41) is 0. The lowest BCUT2D eigenvalue weighted by Crippen LogP contribution is -2.02. The van der Waals surface area contributed by atoms with E-state index in [2.05, 4.69) is 93.6 Å². The molecule has 0 N–H and O–H groups in total.